The van der Waals surface area contributed by atoms with E-state index in [1.165, 1.54) is 18.3 Å². The lowest BCUT2D eigenvalue weighted by molar-refractivity contribution is -0.116. The van der Waals surface area contributed by atoms with E-state index in [4.69, 9.17) is 0 Å². The Morgan fingerprint density at radius 1 is 1.59 bits per heavy atom. The van der Waals surface area contributed by atoms with Crippen LogP contribution >= 0.6 is 11.3 Å². The molecule has 6 heteroatoms. The van der Waals surface area contributed by atoms with Gasteiger partial charge in [0.05, 0.1) is 22.2 Å². The normalized spacial score (nSPS) is 23.5. The van der Waals surface area contributed by atoms with E-state index in [2.05, 4.69) is 4.98 Å². The monoisotopic (exact) mass is 273 g/mol. The van der Waals surface area contributed by atoms with Crippen molar-refractivity contribution in [1.29, 1.82) is 0 Å². The summed E-state index contributed by atoms with van der Waals surface area (Å²) in [6.07, 6.45) is 1.94. The molecule has 1 atom stereocenters. The average Bonchev–Trinajstić information content (AvgIpc) is 2.63. The minimum Gasteiger partial charge on any atom is -0.300 e. The molecule has 0 N–H and O–H groups in total. The fourth-order valence-electron chi connectivity index (χ4n) is 2.06. The van der Waals surface area contributed by atoms with Crippen LogP contribution in [0.25, 0.3) is 0 Å². The largest absolute Gasteiger partial charge is 0.300 e. The summed E-state index contributed by atoms with van der Waals surface area (Å²) in [5.74, 6) is 0.618. The lowest BCUT2D eigenvalue weighted by Gasteiger charge is -2.19. The zero-order valence-corrected chi connectivity index (χ0v) is 11.3. The summed E-state index contributed by atoms with van der Waals surface area (Å²) in [5.41, 5.74) is 0.764. The van der Waals surface area contributed by atoms with Gasteiger partial charge in [0.1, 0.15) is 5.78 Å². The van der Waals surface area contributed by atoms with Crippen LogP contribution in [0.3, 0.4) is 0 Å². The average molecular weight is 273 g/mol. The van der Waals surface area contributed by atoms with E-state index in [9.17, 15) is 13.2 Å². The first-order valence-corrected chi connectivity index (χ1v) is 8.30. The van der Waals surface area contributed by atoms with Crippen molar-refractivity contribution in [1.82, 2.24) is 4.98 Å². The van der Waals surface area contributed by atoms with Crippen LogP contribution in [0.1, 0.15) is 36.4 Å². The molecular formula is C11H15NO3S2. The highest BCUT2D eigenvalue weighted by Crippen LogP contribution is 2.30. The fraction of sp³-hybridized carbons (Fsp3) is 0.636. The van der Waals surface area contributed by atoms with Gasteiger partial charge in [-0.2, -0.15) is 0 Å². The lowest BCUT2D eigenvalue weighted by Crippen LogP contribution is -2.23. The van der Waals surface area contributed by atoms with Crippen LogP contribution in [0.5, 0.6) is 0 Å². The van der Waals surface area contributed by atoms with Crippen molar-refractivity contribution < 1.29 is 13.2 Å². The quantitative estimate of drug-likeness (QED) is 0.838. The Bertz CT molecular complexity index is 519. The lowest BCUT2D eigenvalue weighted by atomic mass is 10.1. The molecule has 1 aliphatic heterocycles. The smallest absolute Gasteiger partial charge is 0.151 e. The molecule has 1 saturated heterocycles. The Morgan fingerprint density at radius 2 is 2.35 bits per heavy atom. The number of carbonyl (C=O) groups is 1. The summed E-state index contributed by atoms with van der Waals surface area (Å²) in [5, 5.41) is 2.72. The van der Waals surface area contributed by atoms with Gasteiger partial charge in [0, 0.05) is 17.7 Å². The number of ketones is 1. The first-order chi connectivity index (χ1) is 7.96. The summed E-state index contributed by atoms with van der Waals surface area (Å²) >= 11 is 1.47. The highest BCUT2D eigenvalue weighted by molar-refractivity contribution is 7.91. The molecule has 0 bridgehead atoms. The van der Waals surface area contributed by atoms with E-state index in [1.54, 1.807) is 0 Å². The number of nitrogens with zero attached hydrogens (tertiary/aromatic N) is 1. The predicted octanol–water partition coefficient (Wildman–Crippen LogP) is 1.57. The second-order valence-corrected chi connectivity index (χ2v) is 7.63. The third-order valence-corrected chi connectivity index (χ3v) is 5.69. The summed E-state index contributed by atoms with van der Waals surface area (Å²) in [4.78, 5) is 15.3. The summed E-state index contributed by atoms with van der Waals surface area (Å²) in [7, 11) is -2.89. The van der Waals surface area contributed by atoms with Crippen molar-refractivity contribution in [3.8, 4) is 0 Å². The second-order valence-electron chi connectivity index (χ2n) is 4.51. The van der Waals surface area contributed by atoms with Gasteiger partial charge in [-0.05, 0) is 19.8 Å². The number of sulfone groups is 1. The predicted molar refractivity (Wildman–Crippen MR) is 67.1 cm³/mol. The molecule has 0 spiro atoms. The first-order valence-electron chi connectivity index (χ1n) is 5.60. The Morgan fingerprint density at radius 3 is 3.00 bits per heavy atom. The Hall–Kier alpha value is -0.750. The maximum atomic E-state index is 11.5. The number of thiazole rings is 1. The molecule has 94 valence electrons. The molecule has 0 aromatic carbocycles. The van der Waals surface area contributed by atoms with E-state index < -0.39 is 9.84 Å². The van der Waals surface area contributed by atoms with E-state index in [1.807, 2.05) is 5.38 Å². The van der Waals surface area contributed by atoms with Gasteiger partial charge in [0.25, 0.3) is 0 Å². The molecule has 4 nitrogen and oxygen atoms in total. The molecule has 1 aromatic heterocycles. The van der Waals surface area contributed by atoms with E-state index in [0.717, 1.165) is 17.1 Å². The van der Waals surface area contributed by atoms with Crippen molar-refractivity contribution in [3.05, 3.63) is 16.1 Å². The Labute approximate surface area is 105 Å². The second kappa shape index (κ2) is 4.86. The van der Waals surface area contributed by atoms with Gasteiger partial charge < -0.3 is 0 Å². The van der Waals surface area contributed by atoms with Gasteiger partial charge in [-0.15, -0.1) is 11.3 Å². The zero-order valence-electron chi connectivity index (χ0n) is 9.68. The fourth-order valence-corrected chi connectivity index (χ4v) is 4.84. The molecule has 2 heterocycles. The van der Waals surface area contributed by atoms with Crippen LogP contribution in [0, 0.1) is 0 Å². The van der Waals surface area contributed by atoms with Crippen molar-refractivity contribution in [2.75, 3.05) is 11.5 Å². The first kappa shape index (κ1) is 12.7. The molecule has 0 saturated carbocycles. The number of aromatic nitrogens is 1. The van der Waals surface area contributed by atoms with Crippen LogP contribution in [0.15, 0.2) is 5.38 Å². The van der Waals surface area contributed by atoms with Crippen LogP contribution in [-0.4, -0.2) is 30.7 Å². The number of carbonyl (C=O) groups excluding carboxylic acids is 1. The molecule has 0 radical (unpaired) electrons. The van der Waals surface area contributed by atoms with Crippen LogP contribution in [-0.2, 0) is 21.1 Å². The van der Waals surface area contributed by atoms with Crippen LogP contribution < -0.4 is 0 Å². The molecule has 1 aromatic rings. The molecule has 0 amide bonds. The standard InChI is InChI=1S/C11H15NO3S2/c1-8(13)5-10-6-16-11(12-10)9-3-2-4-17(14,15)7-9/h6,9H,2-5,7H2,1H3. The molecular weight excluding hydrogens is 258 g/mol. The number of hydrogen-bond acceptors (Lipinski definition) is 5. The van der Waals surface area contributed by atoms with Crippen molar-refractivity contribution >= 4 is 27.0 Å². The molecule has 2 rings (SSSR count). The van der Waals surface area contributed by atoms with E-state index >= 15 is 0 Å². The van der Waals surface area contributed by atoms with Gasteiger partial charge in [-0.25, -0.2) is 13.4 Å². The Kier molecular flexibility index (Phi) is 3.63. The van der Waals surface area contributed by atoms with Gasteiger partial charge >= 0.3 is 0 Å². The van der Waals surface area contributed by atoms with Gasteiger partial charge in [0.2, 0.25) is 0 Å². The summed E-state index contributed by atoms with van der Waals surface area (Å²) in [6.45, 7) is 1.53. The number of rotatable bonds is 3. The van der Waals surface area contributed by atoms with Gasteiger partial charge in [-0.1, -0.05) is 0 Å². The van der Waals surface area contributed by atoms with Crippen LogP contribution in [0.2, 0.25) is 0 Å². The van der Waals surface area contributed by atoms with Gasteiger partial charge in [0.15, 0.2) is 9.84 Å². The molecule has 1 fully saturated rings. The Balaban J connectivity index is 2.12. The maximum absolute atomic E-state index is 11.5. The highest BCUT2D eigenvalue weighted by Gasteiger charge is 2.27. The molecule has 17 heavy (non-hydrogen) atoms. The SMILES string of the molecule is CC(=O)Cc1csc(C2CCCS(=O)(=O)C2)n1. The third-order valence-electron chi connectivity index (χ3n) is 2.81. The van der Waals surface area contributed by atoms with Gasteiger partial charge in [-0.3, -0.25) is 4.79 Å². The molecule has 0 aliphatic carbocycles. The summed E-state index contributed by atoms with van der Waals surface area (Å²) in [6, 6.07) is 0. The summed E-state index contributed by atoms with van der Waals surface area (Å²) < 4.78 is 23.1. The van der Waals surface area contributed by atoms with Crippen molar-refractivity contribution in [3.63, 3.8) is 0 Å². The third kappa shape index (κ3) is 3.35. The minimum absolute atomic E-state index is 0.0273. The van der Waals surface area contributed by atoms with Crippen molar-refractivity contribution in [2.24, 2.45) is 0 Å². The number of Topliss-reactive ketones (excluding diaryl/α,β-unsaturated/α-hetero) is 1. The molecule has 1 aliphatic rings. The highest BCUT2D eigenvalue weighted by atomic mass is 32.2. The minimum atomic E-state index is -2.89. The van der Waals surface area contributed by atoms with E-state index in [-0.39, 0.29) is 17.5 Å². The number of hydrogen-bond donors (Lipinski definition) is 0. The van der Waals surface area contributed by atoms with Crippen LogP contribution in [0.4, 0.5) is 0 Å². The molecule has 1 unspecified atom stereocenters. The van der Waals surface area contributed by atoms with E-state index in [0.29, 0.717) is 18.6 Å². The topological polar surface area (TPSA) is 64.1 Å². The maximum Gasteiger partial charge on any atom is 0.151 e. The zero-order chi connectivity index (χ0) is 12.5. The van der Waals surface area contributed by atoms with Crippen molar-refractivity contribution in [2.45, 2.75) is 32.1 Å².